The Hall–Kier alpha value is -1.72. The quantitative estimate of drug-likeness (QED) is 0.741. The predicted octanol–water partition coefficient (Wildman–Crippen LogP) is 4.72. The first-order chi connectivity index (χ1) is 9.35. The summed E-state index contributed by atoms with van der Waals surface area (Å²) in [5.74, 6) is 0. The van der Waals surface area contributed by atoms with E-state index in [1.165, 1.54) is 24.3 Å². The number of alkyl halides is 3. The summed E-state index contributed by atoms with van der Waals surface area (Å²) in [6.45, 7) is 7.20. The number of carbonyl (C=O) groups excluding carboxylic acids is 1. The normalized spacial score (nSPS) is 15.2. The molecule has 1 atom stereocenters. The fraction of sp³-hybridized carbons (Fsp3) is 0.533. The molecule has 0 fully saturated rings. The van der Waals surface area contributed by atoms with Gasteiger partial charge in [-0.3, -0.25) is 0 Å². The van der Waals surface area contributed by atoms with Gasteiger partial charge in [-0.2, -0.15) is 13.2 Å². The third-order valence-corrected chi connectivity index (χ3v) is 2.82. The van der Waals surface area contributed by atoms with Crippen LogP contribution in [0.2, 0.25) is 0 Å². The molecule has 3 nitrogen and oxygen atoms in total. The van der Waals surface area contributed by atoms with E-state index in [1.807, 2.05) is 0 Å². The maximum atomic E-state index is 13.4. The van der Waals surface area contributed by atoms with Gasteiger partial charge in [-0.25, -0.2) is 4.79 Å². The first-order valence-corrected chi connectivity index (χ1v) is 6.41. The van der Waals surface area contributed by atoms with Crippen LogP contribution >= 0.6 is 0 Å². The van der Waals surface area contributed by atoms with Crippen molar-refractivity contribution in [2.75, 3.05) is 0 Å². The predicted molar refractivity (Wildman–Crippen MR) is 71.9 cm³/mol. The van der Waals surface area contributed by atoms with Crippen LogP contribution in [-0.2, 0) is 15.1 Å². The number of aryl methyl sites for hydroxylation is 1. The van der Waals surface area contributed by atoms with Crippen molar-refractivity contribution in [3.8, 4) is 0 Å². The van der Waals surface area contributed by atoms with Crippen molar-refractivity contribution in [1.29, 1.82) is 0 Å². The van der Waals surface area contributed by atoms with E-state index >= 15 is 0 Å². The number of rotatable bonds is 2. The zero-order chi connectivity index (χ0) is 16.5. The Bertz CT molecular complexity index is 500. The fourth-order valence-corrected chi connectivity index (χ4v) is 1.59. The average molecular weight is 304 g/mol. The van der Waals surface area contributed by atoms with Crippen LogP contribution in [0.5, 0.6) is 0 Å². The Kier molecular flexibility index (Phi) is 4.60. The molecule has 0 aliphatic heterocycles. The van der Waals surface area contributed by atoms with Crippen molar-refractivity contribution in [3.63, 3.8) is 0 Å². The number of carbonyl (C=O) groups is 1. The molecule has 0 bridgehead atoms. The van der Waals surface area contributed by atoms with Crippen molar-refractivity contribution in [2.24, 2.45) is 0 Å². The zero-order valence-electron chi connectivity index (χ0n) is 12.7. The SMILES string of the molecule is Cc1ccc(C(C)(OC(=O)OC(C)(C)C)C(F)(F)F)cc1. The van der Waals surface area contributed by atoms with Gasteiger partial charge in [0.2, 0.25) is 5.60 Å². The lowest BCUT2D eigenvalue weighted by Crippen LogP contribution is -2.44. The Morgan fingerprint density at radius 3 is 1.81 bits per heavy atom. The van der Waals surface area contributed by atoms with Crippen LogP contribution < -0.4 is 0 Å². The molecule has 0 spiro atoms. The van der Waals surface area contributed by atoms with E-state index < -0.39 is 23.5 Å². The van der Waals surface area contributed by atoms with Gasteiger partial charge in [-0.05, 0) is 34.6 Å². The molecule has 118 valence electrons. The lowest BCUT2D eigenvalue weighted by atomic mass is 9.94. The Morgan fingerprint density at radius 1 is 0.952 bits per heavy atom. The lowest BCUT2D eigenvalue weighted by Gasteiger charge is -2.32. The maximum Gasteiger partial charge on any atom is 0.510 e. The van der Waals surface area contributed by atoms with E-state index in [4.69, 9.17) is 4.74 Å². The molecule has 0 amide bonds. The van der Waals surface area contributed by atoms with Gasteiger partial charge in [0.15, 0.2) is 0 Å². The minimum absolute atomic E-state index is 0.161. The van der Waals surface area contributed by atoms with Crippen LogP contribution in [0, 0.1) is 6.92 Å². The molecule has 0 radical (unpaired) electrons. The molecule has 0 saturated carbocycles. The van der Waals surface area contributed by atoms with Crippen molar-refractivity contribution >= 4 is 6.16 Å². The number of hydrogen-bond donors (Lipinski definition) is 0. The van der Waals surface area contributed by atoms with E-state index in [1.54, 1.807) is 27.7 Å². The Morgan fingerprint density at radius 2 is 1.43 bits per heavy atom. The van der Waals surface area contributed by atoms with Crippen LogP contribution in [0.15, 0.2) is 24.3 Å². The van der Waals surface area contributed by atoms with E-state index in [0.717, 1.165) is 12.5 Å². The first kappa shape index (κ1) is 17.3. The van der Waals surface area contributed by atoms with Gasteiger partial charge < -0.3 is 9.47 Å². The molecule has 1 aromatic carbocycles. The monoisotopic (exact) mass is 304 g/mol. The summed E-state index contributed by atoms with van der Waals surface area (Å²) in [6.07, 6.45) is -6.12. The van der Waals surface area contributed by atoms with Gasteiger partial charge >= 0.3 is 12.3 Å². The minimum Gasteiger partial charge on any atom is -0.429 e. The standard InChI is InChI=1S/C15H19F3O3/c1-10-6-8-11(9-7-10)14(5,15(16,17)18)21-12(19)20-13(2,3)4/h6-9H,1-5H3. The summed E-state index contributed by atoms with van der Waals surface area (Å²) in [6, 6.07) is 5.62. The minimum atomic E-state index is -4.76. The fourth-order valence-electron chi connectivity index (χ4n) is 1.59. The molecular formula is C15H19F3O3. The van der Waals surface area contributed by atoms with Crippen molar-refractivity contribution in [1.82, 2.24) is 0 Å². The Balaban J connectivity index is 3.11. The molecule has 0 aliphatic carbocycles. The van der Waals surface area contributed by atoms with Gasteiger partial charge in [0.1, 0.15) is 5.60 Å². The summed E-state index contributed by atoms with van der Waals surface area (Å²) in [5, 5.41) is 0. The molecule has 0 aliphatic rings. The topological polar surface area (TPSA) is 35.5 Å². The van der Waals surface area contributed by atoms with Crippen molar-refractivity contribution in [2.45, 2.75) is 52.0 Å². The van der Waals surface area contributed by atoms with Crippen molar-refractivity contribution in [3.05, 3.63) is 35.4 Å². The summed E-state index contributed by atoms with van der Waals surface area (Å²) in [4.78, 5) is 11.6. The first-order valence-electron chi connectivity index (χ1n) is 6.41. The summed E-state index contributed by atoms with van der Waals surface area (Å²) in [7, 11) is 0. The van der Waals surface area contributed by atoms with Gasteiger partial charge in [0.05, 0.1) is 0 Å². The third-order valence-electron chi connectivity index (χ3n) is 2.82. The highest BCUT2D eigenvalue weighted by molar-refractivity contribution is 5.61. The van der Waals surface area contributed by atoms with Crippen LogP contribution in [0.3, 0.4) is 0 Å². The zero-order valence-corrected chi connectivity index (χ0v) is 12.7. The van der Waals surface area contributed by atoms with Crippen molar-refractivity contribution < 1.29 is 27.4 Å². The molecule has 1 unspecified atom stereocenters. The highest BCUT2D eigenvalue weighted by Gasteiger charge is 2.56. The number of ether oxygens (including phenoxy) is 2. The highest BCUT2D eigenvalue weighted by atomic mass is 19.4. The molecule has 0 N–H and O–H groups in total. The second kappa shape index (κ2) is 5.58. The highest BCUT2D eigenvalue weighted by Crippen LogP contribution is 2.42. The second-order valence-corrected chi connectivity index (χ2v) is 5.96. The van der Waals surface area contributed by atoms with E-state index in [0.29, 0.717) is 0 Å². The molecule has 1 rings (SSSR count). The van der Waals surface area contributed by atoms with Gasteiger partial charge in [-0.15, -0.1) is 0 Å². The van der Waals surface area contributed by atoms with Crippen LogP contribution in [0.1, 0.15) is 38.8 Å². The summed E-state index contributed by atoms with van der Waals surface area (Å²) in [5.41, 5.74) is -3.05. The second-order valence-electron chi connectivity index (χ2n) is 5.96. The molecule has 6 heteroatoms. The maximum absolute atomic E-state index is 13.4. The third kappa shape index (κ3) is 4.37. The van der Waals surface area contributed by atoms with Crippen LogP contribution in [0.25, 0.3) is 0 Å². The molecule has 21 heavy (non-hydrogen) atoms. The number of halogens is 3. The van der Waals surface area contributed by atoms with Gasteiger partial charge in [0, 0.05) is 5.56 Å². The molecular weight excluding hydrogens is 285 g/mol. The number of benzene rings is 1. The Labute approximate surface area is 122 Å². The molecule has 1 aromatic rings. The van der Waals surface area contributed by atoms with Gasteiger partial charge in [-0.1, -0.05) is 29.8 Å². The molecule has 0 heterocycles. The largest absolute Gasteiger partial charge is 0.510 e. The molecule has 0 saturated heterocycles. The van der Waals surface area contributed by atoms with E-state index in [-0.39, 0.29) is 5.56 Å². The van der Waals surface area contributed by atoms with Gasteiger partial charge in [0.25, 0.3) is 0 Å². The smallest absolute Gasteiger partial charge is 0.429 e. The summed E-state index contributed by atoms with van der Waals surface area (Å²) >= 11 is 0. The lowest BCUT2D eigenvalue weighted by molar-refractivity contribution is -0.264. The van der Waals surface area contributed by atoms with Crippen LogP contribution in [-0.4, -0.2) is 17.9 Å². The van der Waals surface area contributed by atoms with E-state index in [2.05, 4.69) is 4.74 Å². The summed E-state index contributed by atoms with van der Waals surface area (Å²) < 4.78 is 49.5. The average Bonchev–Trinajstić information content (AvgIpc) is 2.25. The van der Waals surface area contributed by atoms with Crippen LogP contribution in [0.4, 0.5) is 18.0 Å². The molecule has 0 aromatic heterocycles. The number of hydrogen-bond acceptors (Lipinski definition) is 3. The van der Waals surface area contributed by atoms with E-state index in [9.17, 15) is 18.0 Å².